The van der Waals surface area contributed by atoms with Gasteiger partial charge >= 0.3 is 0 Å². The molecule has 27 heavy (non-hydrogen) atoms. The summed E-state index contributed by atoms with van der Waals surface area (Å²) in [4.78, 5) is 21.5. The van der Waals surface area contributed by atoms with Crippen molar-refractivity contribution in [2.45, 2.75) is 31.9 Å². The number of nitrogens with zero attached hydrogens (tertiary/aromatic N) is 5. The molecule has 3 aliphatic rings. The number of aromatic nitrogens is 3. The Kier molecular flexibility index (Phi) is 4.22. The Hall–Kier alpha value is -2.22. The molecule has 2 aromatic rings. The third kappa shape index (κ3) is 2.96. The third-order valence-corrected chi connectivity index (χ3v) is 5.99. The molecule has 0 spiro atoms. The quantitative estimate of drug-likeness (QED) is 0.845. The van der Waals surface area contributed by atoms with Crippen molar-refractivity contribution in [2.75, 3.05) is 44.2 Å². The zero-order valence-corrected chi connectivity index (χ0v) is 15.4. The molecule has 1 amide bonds. The number of anilines is 1. The van der Waals surface area contributed by atoms with E-state index in [4.69, 9.17) is 4.98 Å². The van der Waals surface area contributed by atoms with E-state index in [1.807, 2.05) is 10.6 Å². The van der Waals surface area contributed by atoms with E-state index >= 15 is 0 Å². The highest BCUT2D eigenvalue weighted by atomic mass is 19.1. The van der Waals surface area contributed by atoms with Gasteiger partial charge in [-0.1, -0.05) is 0 Å². The SMILES string of the molecule is O=C(C1CN(c2c3c(nc4ccnn24)CCNCC3)C1)N1CCCC(F)C1. The monoisotopic (exact) mass is 372 g/mol. The zero-order valence-electron chi connectivity index (χ0n) is 15.4. The lowest BCUT2D eigenvalue weighted by atomic mass is 9.95. The molecular weight excluding hydrogens is 347 g/mol. The zero-order chi connectivity index (χ0) is 18.4. The van der Waals surface area contributed by atoms with Gasteiger partial charge in [-0.15, -0.1) is 0 Å². The second-order valence-electron chi connectivity index (χ2n) is 7.84. The molecular formula is C19H25FN6O. The highest BCUT2D eigenvalue weighted by Crippen LogP contribution is 2.32. The summed E-state index contributed by atoms with van der Waals surface area (Å²) >= 11 is 0. The van der Waals surface area contributed by atoms with E-state index in [0.717, 1.165) is 49.5 Å². The van der Waals surface area contributed by atoms with Crippen LogP contribution in [0.15, 0.2) is 12.3 Å². The maximum absolute atomic E-state index is 13.7. The van der Waals surface area contributed by atoms with Gasteiger partial charge in [0.15, 0.2) is 5.65 Å². The van der Waals surface area contributed by atoms with Gasteiger partial charge in [-0.05, 0) is 25.8 Å². The van der Waals surface area contributed by atoms with Crippen molar-refractivity contribution in [2.24, 2.45) is 5.92 Å². The minimum absolute atomic E-state index is 0.0476. The molecule has 7 nitrogen and oxygen atoms in total. The second-order valence-corrected chi connectivity index (χ2v) is 7.84. The summed E-state index contributed by atoms with van der Waals surface area (Å²) in [7, 11) is 0. The van der Waals surface area contributed by atoms with E-state index in [1.54, 1.807) is 11.1 Å². The van der Waals surface area contributed by atoms with Crippen molar-refractivity contribution in [3.8, 4) is 0 Å². The van der Waals surface area contributed by atoms with Crippen molar-refractivity contribution >= 4 is 17.4 Å². The first-order valence-electron chi connectivity index (χ1n) is 9.94. The van der Waals surface area contributed by atoms with Crippen LogP contribution in [-0.2, 0) is 17.6 Å². The summed E-state index contributed by atoms with van der Waals surface area (Å²) in [6.45, 7) is 4.15. The highest BCUT2D eigenvalue weighted by Gasteiger charge is 2.39. The number of piperidine rings is 1. The average molecular weight is 372 g/mol. The van der Waals surface area contributed by atoms with Crippen molar-refractivity contribution < 1.29 is 9.18 Å². The highest BCUT2D eigenvalue weighted by molar-refractivity contribution is 5.82. The van der Waals surface area contributed by atoms with Crippen molar-refractivity contribution in [1.82, 2.24) is 24.8 Å². The largest absolute Gasteiger partial charge is 0.354 e. The van der Waals surface area contributed by atoms with E-state index in [2.05, 4.69) is 15.3 Å². The van der Waals surface area contributed by atoms with E-state index in [0.29, 0.717) is 26.1 Å². The summed E-state index contributed by atoms with van der Waals surface area (Å²) in [5.74, 6) is 1.13. The van der Waals surface area contributed by atoms with Crippen LogP contribution >= 0.6 is 0 Å². The van der Waals surface area contributed by atoms with E-state index in [9.17, 15) is 9.18 Å². The number of nitrogens with one attached hydrogen (secondary N) is 1. The molecule has 0 aliphatic carbocycles. The Morgan fingerprint density at radius 2 is 2.07 bits per heavy atom. The number of hydrogen-bond acceptors (Lipinski definition) is 5. The lowest BCUT2D eigenvalue weighted by molar-refractivity contribution is -0.138. The lowest BCUT2D eigenvalue weighted by Crippen LogP contribution is -2.57. The number of alkyl halides is 1. The summed E-state index contributed by atoms with van der Waals surface area (Å²) in [5, 5.41) is 7.91. The van der Waals surface area contributed by atoms with E-state index in [1.165, 1.54) is 5.56 Å². The summed E-state index contributed by atoms with van der Waals surface area (Å²) in [5.41, 5.74) is 3.23. The summed E-state index contributed by atoms with van der Waals surface area (Å²) in [6.07, 6.45) is 4.08. The Bertz CT molecular complexity index is 861. The molecule has 2 saturated heterocycles. The molecule has 0 radical (unpaired) electrons. The maximum atomic E-state index is 13.7. The molecule has 8 heteroatoms. The number of fused-ring (bicyclic) bond motifs is 2. The van der Waals surface area contributed by atoms with Crippen LogP contribution in [0.2, 0.25) is 0 Å². The number of halogens is 1. The second kappa shape index (κ2) is 6.74. The van der Waals surface area contributed by atoms with Gasteiger partial charge in [0.25, 0.3) is 0 Å². The fourth-order valence-corrected chi connectivity index (χ4v) is 4.53. The fraction of sp³-hybridized carbons (Fsp3) is 0.632. The lowest BCUT2D eigenvalue weighted by Gasteiger charge is -2.43. The minimum atomic E-state index is -0.869. The van der Waals surface area contributed by atoms with E-state index < -0.39 is 6.17 Å². The molecule has 144 valence electrons. The molecule has 2 aromatic heterocycles. The van der Waals surface area contributed by atoms with Crippen LogP contribution in [-0.4, -0.2) is 70.8 Å². The molecule has 5 rings (SSSR count). The van der Waals surface area contributed by atoms with Crippen LogP contribution < -0.4 is 10.2 Å². The molecule has 0 saturated carbocycles. The van der Waals surface area contributed by atoms with Gasteiger partial charge in [0.2, 0.25) is 5.91 Å². The smallest absolute Gasteiger partial charge is 0.229 e. The summed E-state index contributed by atoms with van der Waals surface area (Å²) < 4.78 is 15.6. The van der Waals surface area contributed by atoms with E-state index in [-0.39, 0.29) is 18.4 Å². The van der Waals surface area contributed by atoms with Crippen LogP contribution in [0.1, 0.15) is 24.1 Å². The fourth-order valence-electron chi connectivity index (χ4n) is 4.53. The van der Waals surface area contributed by atoms with Gasteiger partial charge < -0.3 is 15.1 Å². The van der Waals surface area contributed by atoms with Gasteiger partial charge in [-0.3, -0.25) is 4.79 Å². The Morgan fingerprint density at radius 1 is 1.22 bits per heavy atom. The number of carbonyl (C=O) groups excluding carboxylic acids is 1. The Labute approximate surface area is 157 Å². The first kappa shape index (κ1) is 16.9. The normalized spacial score (nSPS) is 23.8. The topological polar surface area (TPSA) is 65.8 Å². The molecule has 0 aromatic carbocycles. The molecule has 1 N–H and O–H groups in total. The average Bonchev–Trinajstić information content (AvgIpc) is 2.96. The van der Waals surface area contributed by atoms with Gasteiger partial charge in [-0.2, -0.15) is 9.61 Å². The molecule has 1 atom stereocenters. The Balaban J connectivity index is 1.39. The first-order chi connectivity index (χ1) is 13.2. The third-order valence-electron chi connectivity index (χ3n) is 5.99. The van der Waals surface area contributed by atoms with Crippen LogP contribution in [0.25, 0.3) is 5.65 Å². The Morgan fingerprint density at radius 3 is 2.93 bits per heavy atom. The first-order valence-corrected chi connectivity index (χ1v) is 9.94. The number of amides is 1. The van der Waals surface area contributed by atoms with Gasteiger partial charge in [-0.25, -0.2) is 9.37 Å². The number of likely N-dealkylation sites (tertiary alicyclic amines) is 1. The van der Waals surface area contributed by atoms with Crippen LogP contribution in [0, 0.1) is 5.92 Å². The molecule has 3 aliphatic heterocycles. The van der Waals surface area contributed by atoms with Crippen molar-refractivity contribution in [3.05, 3.63) is 23.5 Å². The van der Waals surface area contributed by atoms with Crippen molar-refractivity contribution in [3.63, 3.8) is 0 Å². The molecule has 2 fully saturated rings. The minimum Gasteiger partial charge on any atom is -0.354 e. The molecule has 0 bridgehead atoms. The van der Waals surface area contributed by atoms with Crippen LogP contribution in [0.3, 0.4) is 0 Å². The summed E-state index contributed by atoms with van der Waals surface area (Å²) in [6, 6.07) is 1.93. The predicted molar refractivity (Wildman–Crippen MR) is 99.7 cm³/mol. The van der Waals surface area contributed by atoms with Crippen LogP contribution in [0.4, 0.5) is 10.2 Å². The van der Waals surface area contributed by atoms with Crippen LogP contribution in [0.5, 0.6) is 0 Å². The standard InChI is InChI=1S/C19H25FN6O/c20-14-2-1-9-24(12-14)19(27)13-10-25(11-13)18-15-3-6-21-7-4-16(15)23-17-5-8-22-26(17)18/h5,8,13-14,21H,1-4,6-7,9-12H2. The number of rotatable bonds is 2. The number of carbonyl (C=O) groups is 1. The van der Waals surface area contributed by atoms with Gasteiger partial charge in [0.05, 0.1) is 24.4 Å². The predicted octanol–water partition coefficient (Wildman–Crippen LogP) is 0.814. The molecule has 5 heterocycles. The molecule has 1 unspecified atom stereocenters. The number of hydrogen-bond donors (Lipinski definition) is 1. The maximum Gasteiger partial charge on any atom is 0.229 e. The van der Waals surface area contributed by atoms with Gasteiger partial charge in [0.1, 0.15) is 12.0 Å². The van der Waals surface area contributed by atoms with Gasteiger partial charge in [0, 0.05) is 44.2 Å². The van der Waals surface area contributed by atoms with Crippen molar-refractivity contribution in [1.29, 1.82) is 0 Å².